The molecule has 2 N–H and O–H groups in total. The van der Waals surface area contributed by atoms with Crippen LogP contribution >= 0.6 is 0 Å². The highest BCUT2D eigenvalue weighted by Crippen LogP contribution is 2.42. The molecule has 0 atom stereocenters. The SMILES string of the molecule is COc1cc(-c2nc3ccccn3c2Nc2ccc3c(c2)OCCO3)cc(OC)c1O. The summed E-state index contributed by atoms with van der Waals surface area (Å²) >= 11 is 0. The second-order valence-electron chi connectivity index (χ2n) is 6.95. The quantitative estimate of drug-likeness (QED) is 0.500. The molecule has 0 amide bonds. The second-order valence-corrected chi connectivity index (χ2v) is 6.95. The van der Waals surface area contributed by atoms with E-state index in [4.69, 9.17) is 23.9 Å². The van der Waals surface area contributed by atoms with E-state index in [9.17, 15) is 5.11 Å². The summed E-state index contributed by atoms with van der Waals surface area (Å²) in [4.78, 5) is 4.80. The second kappa shape index (κ2) is 7.64. The zero-order valence-corrected chi connectivity index (χ0v) is 17.1. The Labute approximate surface area is 178 Å². The number of fused-ring (bicyclic) bond motifs is 2. The van der Waals surface area contributed by atoms with Crippen LogP contribution in [0.15, 0.2) is 54.7 Å². The van der Waals surface area contributed by atoms with Gasteiger partial charge in [0.25, 0.3) is 0 Å². The van der Waals surface area contributed by atoms with Crippen molar-refractivity contribution in [3.05, 3.63) is 54.7 Å². The first kappa shape index (κ1) is 18.9. The predicted molar refractivity (Wildman–Crippen MR) is 116 cm³/mol. The number of hydrogen-bond donors (Lipinski definition) is 2. The van der Waals surface area contributed by atoms with Gasteiger partial charge in [-0.25, -0.2) is 4.98 Å². The Hall–Kier alpha value is -4.07. The van der Waals surface area contributed by atoms with Crippen LogP contribution in [0.4, 0.5) is 11.5 Å². The first-order chi connectivity index (χ1) is 15.2. The Morgan fingerprint density at radius 1 is 0.968 bits per heavy atom. The average molecular weight is 419 g/mol. The molecule has 0 fully saturated rings. The van der Waals surface area contributed by atoms with Crippen LogP contribution in [0, 0.1) is 0 Å². The molecule has 2 aromatic heterocycles. The largest absolute Gasteiger partial charge is 0.502 e. The van der Waals surface area contributed by atoms with Gasteiger partial charge in [-0.15, -0.1) is 0 Å². The molecular formula is C23H21N3O5. The number of ether oxygens (including phenoxy) is 4. The van der Waals surface area contributed by atoms with Crippen LogP contribution in [0.25, 0.3) is 16.9 Å². The Balaban J connectivity index is 1.65. The number of pyridine rings is 1. The van der Waals surface area contributed by atoms with Crippen molar-refractivity contribution in [2.75, 3.05) is 32.8 Å². The van der Waals surface area contributed by atoms with Gasteiger partial charge < -0.3 is 29.4 Å². The molecule has 0 radical (unpaired) electrons. The van der Waals surface area contributed by atoms with E-state index >= 15 is 0 Å². The Bertz CT molecular complexity index is 1240. The van der Waals surface area contributed by atoms with Crippen molar-refractivity contribution < 1.29 is 24.1 Å². The van der Waals surface area contributed by atoms with Gasteiger partial charge in [0, 0.05) is 23.5 Å². The summed E-state index contributed by atoms with van der Waals surface area (Å²) in [7, 11) is 2.99. The van der Waals surface area contributed by atoms with E-state index in [1.54, 1.807) is 12.1 Å². The maximum atomic E-state index is 10.3. The molecule has 1 aliphatic heterocycles. The van der Waals surface area contributed by atoms with Crippen molar-refractivity contribution in [1.29, 1.82) is 0 Å². The minimum Gasteiger partial charge on any atom is -0.502 e. The van der Waals surface area contributed by atoms with Crippen LogP contribution in [0.1, 0.15) is 0 Å². The highest BCUT2D eigenvalue weighted by molar-refractivity contribution is 5.82. The minimum absolute atomic E-state index is 0.0566. The zero-order valence-electron chi connectivity index (χ0n) is 17.1. The molecule has 0 spiro atoms. The van der Waals surface area contributed by atoms with Gasteiger partial charge in [-0.3, -0.25) is 4.40 Å². The number of aromatic hydroxyl groups is 1. The number of anilines is 2. The van der Waals surface area contributed by atoms with Crippen LogP contribution in [0.2, 0.25) is 0 Å². The highest BCUT2D eigenvalue weighted by atomic mass is 16.6. The number of methoxy groups -OCH3 is 2. The van der Waals surface area contributed by atoms with Crippen LogP contribution in [-0.4, -0.2) is 41.9 Å². The lowest BCUT2D eigenvalue weighted by molar-refractivity contribution is 0.171. The van der Waals surface area contributed by atoms with Crippen LogP contribution in [0.5, 0.6) is 28.7 Å². The summed E-state index contributed by atoms with van der Waals surface area (Å²) in [6, 6.07) is 15.0. The molecule has 0 saturated heterocycles. The average Bonchev–Trinajstić information content (AvgIpc) is 3.17. The number of nitrogens with one attached hydrogen (secondary N) is 1. The molecule has 0 unspecified atom stereocenters. The lowest BCUT2D eigenvalue weighted by atomic mass is 10.1. The van der Waals surface area contributed by atoms with Crippen molar-refractivity contribution in [2.45, 2.75) is 0 Å². The highest BCUT2D eigenvalue weighted by Gasteiger charge is 2.20. The minimum atomic E-state index is -0.0566. The standard InChI is InChI=1S/C23H21N3O5/c1-28-18-11-14(12-19(29-2)22(18)27)21-23(26-8-4-3-5-20(26)25-21)24-15-6-7-16-17(13-15)31-10-9-30-16/h3-8,11-13,24,27H,9-10H2,1-2H3. The van der Waals surface area contributed by atoms with Gasteiger partial charge in [-0.1, -0.05) is 6.07 Å². The molecule has 0 saturated carbocycles. The maximum absolute atomic E-state index is 10.3. The monoisotopic (exact) mass is 419 g/mol. The number of nitrogens with zero attached hydrogens (tertiary/aromatic N) is 2. The third-order valence-corrected chi connectivity index (χ3v) is 5.09. The van der Waals surface area contributed by atoms with Gasteiger partial charge in [0.15, 0.2) is 23.0 Å². The van der Waals surface area contributed by atoms with Crippen molar-refractivity contribution in [3.63, 3.8) is 0 Å². The van der Waals surface area contributed by atoms with Gasteiger partial charge in [0.05, 0.1) is 14.2 Å². The number of phenols is 1. The van der Waals surface area contributed by atoms with Gasteiger partial charge >= 0.3 is 0 Å². The molecule has 1 aliphatic rings. The van der Waals surface area contributed by atoms with E-state index in [2.05, 4.69) is 5.32 Å². The van der Waals surface area contributed by atoms with Crippen molar-refractivity contribution in [2.24, 2.45) is 0 Å². The number of phenolic OH excluding ortho intramolecular Hbond substituents is 1. The molecule has 0 bridgehead atoms. The molecule has 2 aromatic carbocycles. The van der Waals surface area contributed by atoms with Crippen LogP contribution in [-0.2, 0) is 0 Å². The molecule has 0 aliphatic carbocycles. The fourth-order valence-corrected chi connectivity index (χ4v) is 3.60. The molecular weight excluding hydrogens is 398 g/mol. The smallest absolute Gasteiger partial charge is 0.200 e. The summed E-state index contributed by atoms with van der Waals surface area (Å²) in [5.74, 6) is 2.72. The molecule has 3 heterocycles. The van der Waals surface area contributed by atoms with E-state index in [0.29, 0.717) is 36.2 Å². The van der Waals surface area contributed by atoms with E-state index in [1.807, 2.05) is 47.0 Å². The van der Waals surface area contributed by atoms with Crippen LogP contribution in [0.3, 0.4) is 0 Å². The normalized spacial score (nSPS) is 12.6. The van der Waals surface area contributed by atoms with E-state index in [-0.39, 0.29) is 5.75 Å². The fraction of sp³-hybridized carbons (Fsp3) is 0.174. The van der Waals surface area contributed by atoms with Gasteiger partial charge in [0.2, 0.25) is 5.75 Å². The predicted octanol–water partition coefficient (Wildman–Crippen LogP) is 4.24. The summed E-state index contributed by atoms with van der Waals surface area (Å²) in [6.45, 7) is 1.06. The Morgan fingerprint density at radius 3 is 2.45 bits per heavy atom. The molecule has 5 rings (SSSR count). The number of rotatable bonds is 5. The lowest BCUT2D eigenvalue weighted by Crippen LogP contribution is -2.15. The number of imidazole rings is 1. The van der Waals surface area contributed by atoms with E-state index in [0.717, 1.165) is 28.5 Å². The van der Waals surface area contributed by atoms with Crippen LogP contribution < -0.4 is 24.3 Å². The summed E-state index contributed by atoms with van der Waals surface area (Å²) < 4.78 is 23.9. The molecule has 8 nitrogen and oxygen atoms in total. The number of aromatic nitrogens is 2. The van der Waals surface area contributed by atoms with Gasteiger partial charge in [0.1, 0.15) is 30.4 Å². The molecule has 31 heavy (non-hydrogen) atoms. The third kappa shape index (κ3) is 3.31. The summed E-state index contributed by atoms with van der Waals surface area (Å²) in [6.07, 6.45) is 1.93. The third-order valence-electron chi connectivity index (χ3n) is 5.09. The first-order valence-electron chi connectivity index (χ1n) is 9.77. The topological polar surface area (TPSA) is 86.5 Å². The van der Waals surface area contributed by atoms with Gasteiger partial charge in [-0.05, 0) is 36.4 Å². The molecule has 158 valence electrons. The van der Waals surface area contributed by atoms with E-state index < -0.39 is 0 Å². The lowest BCUT2D eigenvalue weighted by Gasteiger charge is -2.19. The fourth-order valence-electron chi connectivity index (χ4n) is 3.60. The molecule has 4 aromatic rings. The van der Waals surface area contributed by atoms with Crippen molar-refractivity contribution in [3.8, 4) is 40.0 Å². The van der Waals surface area contributed by atoms with Crippen molar-refractivity contribution in [1.82, 2.24) is 9.38 Å². The molecule has 8 heteroatoms. The zero-order chi connectivity index (χ0) is 21.4. The number of benzene rings is 2. The summed E-state index contributed by atoms with van der Waals surface area (Å²) in [5.41, 5.74) is 3.00. The van der Waals surface area contributed by atoms with Crippen molar-refractivity contribution >= 4 is 17.2 Å². The summed E-state index contributed by atoms with van der Waals surface area (Å²) in [5, 5.41) is 13.8. The first-order valence-corrected chi connectivity index (χ1v) is 9.77. The van der Waals surface area contributed by atoms with Gasteiger partial charge in [-0.2, -0.15) is 0 Å². The van der Waals surface area contributed by atoms with E-state index in [1.165, 1.54) is 14.2 Å². The number of hydrogen-bond acceptors (Lipinski definition) is 7. The maximum Gasteiger partial charge on any atom is 0.200 e. The Kier molecular flexibility index (Phi) is 4.66. The Morgan fingerprint density at radius 2 is 1.71 bits per heavy atom.